The third kappa shape index (κ3) is 3.92. The van der Waals surface area contributed by atoms with Crippen LogP contribution in [-0.4, -0.2) is 20.1 Å². The number of benzene rings is 1. The minimum absolute atomic E-state index is 0.000871. The molecule has 0 bridgehead atoms. The zero-order valence-electron chi connectivity index (χ0n) is 12.0. The normalized spacial score (nSPS) is 10.6. The summed E-state index contributed by atoms with van der Waals surface area (Å²) in [7, 11) is 0. The number of aromatic nitrogens is 4. The predicted octanol–water partition coefficient (Wildman–Crippen LogP) is 3.28. The molecular formula is C14H11ClFN5O2. The Kier molecular flexibility index (Phi) is 4.33. The largest absolute Gasteiger partial charge is 0.485 e. The van der Waals surface area contributed by atoms with E-state index in [0.29, 0.717) is 23.2 Å². The smallest absolute Gasteiger partial charge is 0.224 e. The zero-order valence-corrected chi connectivity index (χ0v) is 12.7. The average molecular weight is 336 g/mol. The van der Waals surface area contributed by atoms with Crippen molar-refractivity contribution in [3.63, 3.8) is 0 Å². The van der Waals surface area contributed by atoms with Gasteiger partial charge in [-0.05, 0) is 35.9 Å². The first-order valence-corrected chi connectivity index (χ1v) is 6.95. The Morgan fingerprint density at radius 3 is 2.74 bits per heavy atom. The second-order valence-corrected chi connectivity index (χ2v) is 4.84. The fraction of sp³-hybridized carbons (Fsp3) is 0.143. The van der Waals surface area contributed by atoms with E-state index in [-0.39, 0.29) is 17.7 Å². The molecule has 3 aromatic rings. The molecule has 2 aromatic heterocycles. The second-order valence-electron chi connectivity index (χ2n) is 4.50. The van der Waals surface area contributed by atoms with E-state index in [9.17, 15) is 4.39 Å². The van der Waals surface area contributed by atoms with Gasteiger partial charge in [0, 0.05) is 12.6 Å². The number of anilines is 2. The number of aryl methyl sites for hydroxylation is 1. The molecule has 0 saturated heterocycles. The van der Waals surface area contributed by atoms with Crippen LogP contribution in [-0.2, 0) is 6.61 Å². The average Bonchev–Trinajstić information content (AvgIpc) is 2.96. The number of nitrogens with zero attached hydrogens (tertiary/aromatic N) is 4. The summed E-state index contributed by atoms with van der Waals surface area (Å²) in [6.07, 6.45) is 1.00. The summed E-state index contributed by atoms with van der Waals surface area (Å²) in [5.41, 5.74) is 0.626. The predicted molar refractivity (Wildman–Crippen MR) is 80.1 cm³/mol. The fourth-order valence-corrected chi connectivity index (χ4v) is 1.89. The highest BCUT2D eigenvalue weighted by molar-refractivity contribution is 6.28. The van der Waals surface area contributed by atoms with Gasteiger partial charge in [-0.25, -0.2) is 9.37 Å². The van der Waals surface area contributed by atoms with Gasteiger partial charge in [-0.2, -0.15) is 9.97 Å². The van der Waals surface area contributed by atoms with Crippen molar-refractivity contribution in [2.24, 2.45) is 0 Å². The van der Waals surface area contributed by atoms with Gasteiger partial charge in [-0.1, -0.05) is 5.16 Å². The molecule has 0 unspecified atom stereocenters. The summed E-state index contributed by atoms with van der Waals surface area (Å²) in [5, 5.41) is 6.50. The van der Waals surface area contributed by atoms with Crippen molar-refractivity contribution < 1.29 is 13.7 Å². The summed E-state index contributed by atoms with van der Waals surface area (Å²) in [4.78, 5) is 11.4. The first-order valence-electron chi connectivity index (χ1n) is 6.57. The number of hydrogen-bond donors (Lipinski definition) is 1. The number of ether oxygens (including phenoxy) is 1. The molecule has 1 N–H and O–H groups in total. The second kappa shape index (κ2) is 6.57. The molecule has 9 heteroatoms. The van der Waals surface area contributed by atoms with E-state index < -0.39 is 5.82 Å². The Hall–Kier alpha value is -2.74. The minimum Gasteiger partial charge on any atom is -0.485 e. The molecule has 0 fully saturated rings. The van der Waals surface area contributed by atoms with Gasteiger partial charge in [-0.3, -0.25) is 0 Å². The van der Waals surface area contributed by atoms with Gasteiger partial charge in [0.2, 0.25) is 17.0 Å². The van der Waals surface area contributed by atoms with E-state index in [4.69, 9.17) is 20.9 Å². The summed E-state index contributed by atoms with van der Waals surface area (Å²) in [6.45, 7) is 1.90. The topological polar surface area (TPSA) is 86.0 Å². The Balaban J connectivity index is 1.63. The molecule has 0 aliphatic rings. The lowest BCUT2D eigenvalue weighted by molar-refractivity contribution is 0.286. The highest BCUT2D eigenvalue weighted by Gasteiger charge is 2.07. The molecule has 0 radical (unpaired) electrons. The van der Waals surface area contributed by atoms with E-state index >= 15 is 0 Å². The fourth-order valence-electron chi connectivity index (χ4n) is 1.75. The molecule has 0 aliphatic heterocycles. The van der Waals surface area contributed by atoms with Crippen LogP contribution in [0.1, 0.15) is 11.7 Å². The number of hydrogen-bond acceptors (Lipinski definition) is 7. The van der Waals surface area contributed by atoms with Gasteiger partial charge < -0.3 is 14.6 Å². The van der Waals surface area contributed by atoms with Crippen LogP contribution in [0, 0.1) is 12.7 Å². The monoisotopic (exact) mass is 335 g/mol. The van der Waals surface area contributed by atoms with Crippen molar-refractivity contribution in [2.45, 2.75) is 13.5 Å². The van der Waals surface area contributed by atoms with Crippen LogP contribution in [0.25, 0.3) is 0 Å². The van der Waals surface area contributed by atoms with E-state index in [0.717, 1.165) is 6.20 Å². The molecule has 0 atom stereocenters. The number of nitrogens with one attached hydrogen (secondary N) is 1. The highest BCUT2D eigenvalue weighted by Crippen LogP contribution is 2.21. The Morgan fingerprint density at radius 1 is 1.26 bits per heavy atom. The Morgan fingerprint density at radius 2 is 2.04 bits per heavy atom. The summed E-state index contributed by atoms with van der Waals surface area (Å²) < 4.78 is 23.9. The molecular weight excluding hydrogens is 325 g/mol. The zero-order chi connectivity index (χ0) is 16.2. The third-order valence-corrected chi connectivity index (χ3v) is 2.95. The summed E-state index contributed by atoms with van der Waals surface area (Å²) in [5.74, 6) is 0.957. The molecule has 7 nitrogen and oxygen atoms in total. The lowest BCUT2D eigenvalue weighted by Gasteiger charge is -2.08. The summed E-state index contributed by atoms with van der Waals surface area (Å²) >= 11 is 5.64. The van der Waals surface area contributed by atoms with Gasteiger partial charge in [0.15, 0.2) is 18.2 Å². The van der Waals surface area contributed by atoms with E-state index in [1.54, 1.807) is 31.2 Å². The lowest BCUT2D eigenvalue weighted by Crippen LogP contribution is -2.00. The maximum atomic E-state index is 13.6. The van der Waals surface area contributed by atoms with Crippen molar-refractivity contribution in [1.29, 1.82) is 0 Å². The maximum absolute atomic E-state index is 13.6. The Labute approximate surface area is 135 Å². The molecule has 23 heavy (non-hydrogen) atoms. The quantitative estimate of drug-likeness (QED) is 0.716. The molecule has 0 spiro atoms. The molecule has 0 amide bonds. The number of rotatable bonds is 5. The van der Waals surface area contributed by atoms with Crippen molar-refractivity contribution in [3.8, 4) is 5.75 Å². The van der Waals surface area contributed by atoms with Crippen molar-refractivity contribution in [2.75, 3.05) is 5.32 Å². The standard InChI is InChI=1S/C14H11ClFN5O2/c1-8-18-12(21-23-8)7-22-10-4-2-9(3-5-10)19-13-11(16)6-17-14(15)20-13/h2-6H,7H2,1H3,(H,17,19,20). The number of halogens is 2. The van der Waals surface area contributed by atoms with Crippen LogP contribution < -0.4 is 10.1 Å². The van der Waals surface area contributed by atoms with Gasteiger partial charge >= 0.3 is 0 Å². The van der Waals surface area contributed by atoms with E-state index in [1.165, 1.54) is 0 Å². The van der Waals surface area contributed by atoms with Crippen molar-refractivity contribution in [3.05, 3.63) is 53.3 Å². The van der Waals surface area contributed by atoms with Crippen LogP contribution in [0.3, 0.4) is 0 Å². The van der Waals surface area contributed by atoms with Crippen molar-refractivity contribution >= 4 is 23.1 Å². The van der Waals surface area contributed by atoms with E-state index in [1.807, 2.05) is 0 Å². The van der Waals surface area contributed by atoms with Crippen molar-refractivity contribution in [1.82, 2.24) is 20.1 Å². The third-order valence-electron chi connectivity index (χ3n) is 2.77. The molecule has 0 aliphatic carbocycles. The van der Waals surface area contributed by atoms with E-state index in [2.05, 4.69) is 25.4 Å². The minimum atomic E-state index is -0.595. The molecule has 2 heterocycles. The molecule has 3 rings (SSSR count). The molecule has 118 valence electrons. The van der Waals surface area contributed by atoms with Gasteiger partial charge in [0.1, 0.15) is 5.75 Å². The molecule has 1 aromatic carbocycles. The lowest BCUT2D eigenvalue weighted by atomic mass is 10.3. The van der Waals surface area contributed by atoms with Crippen LogP contribution in [0.15, 0.2) is 35.0 Å². The first kappa shape index (κ1) is 15.2. The van der Waals surface area contributed by atoms with Crippen LogP contribution in [0.4, 0.5) is 15.9 Å². The SMILES string of the molecule is Cc1nc(COc2ccc(Nc3nc(Cl)ncc3F)cc2)no1. The highest BCUT2D eigenvalue weighted by atomic mass is 35.5. The van der Waals surface area contributed by atoms with Gasteiger partial charge in [0.05, 0.1) is 6.20 Å². The van der Waals surface area contributed by atoms with Gasteiger partial charge in [-0.15, -0.1) is 0 Å². The first-order chi connectivity index (χ1) is 11.1. The van der Waals surface area contributed by atoms with Crippen LogP contribution in [0.5, 0.6) is 5.75 Å². The van der Waals surface area contributed by atoms with Crippen LogP contribution in [0.2, 0.25) is 5.28 Å². The maximum Gasteiger partial charge on any atom is 0.224 e. The molecule has 0 saturated carbocycles. The summed E-state index contributed by atoms with van der Waals surface area (Å²) in [6, 6.07) is 6.87. The Bertz CT molecular complexity index is 809. The van der Waals surface area contributed by atoms with Gasteiger partial charge in [0.25, 0.3) is 0 Å². The van der Waals surface area contributed by atoms with Crippen LogP contribution >= 0.6 is 11.6 Å².